The van der Waals surface area contributed by atoms with Crippen LogP contribution < -0.4 is 10.5 Å². The van der Waals surface area contributed by atoms with E-state index in [4.69, 9.17) is 10.5 Å². The summed E-state index contributed by atoms with van der Waals surface area (Å²) in [6, 6.07) is 4.31. The molecule has 1 atom stereocenters. The molecule has 1 aromatic heterocycles. The van der Waals surface area contributed by atoms with Crippen molar-refractivity contribution < 1.29 is 9.13 Å². The number of aromatic amines is 1. The number of hydrogen-bond acceptors (Lipinski definition) is 4. The van der Waals surface area contributed by atoms with Gasteiger partial charge in [0.25, 0.3) is 0 Å². The summed E-state index contributed by atoms with van der Waals surface area (Å²) in [5.41, 5.74) is 5.47. The Kier molecular flexibility index (Phi) is 2.95. The van der Waals surface area contributed by atoms with E-state index in [9.17, 15) is 4.39 Å². The van der Waals surface area contributed by atoms with Crippen molar-refractivity contribution in [3.8, 4) is 5.75 Å². The number of nitrogens with zero attached hydrogens (tertiary/aromatic N) is 2. The summed E-state index contributed by atoms with van der Waals surface area (Å²) in [5, 5.41) is 6.69. The molecule has 0 fully saturated rings. The van der Waals surface area contributed by atoms with E-state index in [0.717, 1.165) is 0 Å². The Balaban J connectivity index is 2.12. The highest BCUT2D eigenvalue weighted by molar-refractivity contribution is 5.43. The number of hydrogen-bond donors (Lipinski definition) is 2. The molecule has 6 heteroatoms. The highest BCUT2D eigenvalue weighted by Crippen LogP contribution is 2.22. The van der Waals surface area contributed by atoms with Crippen LogP contribution in [0.5, 0.6) is 5.75 Å². The van der Waals surface area contributed by atoms with Gasteiger partial charge >= 0.3 is 0 Å². The number of benzene rings is 1. The van der Waals surface area contributed by atoms with Crippen molar-refractivity contribution in [2.75, 3.05) is 5.73 Å². The number of aromatic nitrogens is 3. The zero-order chi connectivity index (χ0) is 12.4. The van der Waals surface area contributed by atoms with Gasteiger partial charge in [-0.05, 0) is 26.0 Å². The van der Waals surface area contributed by atoms with Gasteiger partial charge in [-0.15, -0.1) is 0 Å². The van der Waals surface area contributed by atoms with E-state index in [0.29, 0.717) is 17.4 Å². The molecule has 17 heavy (non-hydrogen) atoms. The van der Waals surface area contributed by atoms with Crippen LogP contribution in [-0.4, -0.2) is 15.2 Å². The molecular weight excluding hydrogens is 223 g/mol. The smallest absolute Gasteiger partial charge is 0.191 e. The lowest BCUT2D eigenvalue weighted by atomic mass is 10.3. The van der Waals surface area contributed by atoms with Crippen molar-refractivity contribution in [3.63, 3.8) is 0 Å². The Hall–Kier alpha value is -2.11. The van der Waals surface area contributed by atoms with E-state index < -0.39 is 5.82 Å². The van der Waals surface area contributed by atoms with E-state index in [1.165, 1.54) is 12.1 Å². The second kappa shape index (κ2) is 4.40. The summed E-state index contributed by atoms with van der Waals surface area (Å²) in [6.07, 6.45) is -0.358. The van der Waals surface area contributed by atoms with Crippen molar-refractivity contribution in [1.29, 1.82) is 0 Å². The molecule has 5 nitrogen and oxygen atoms in total. The minimum Gasteiger partial charge on any atom is -0.483 e. The Morgan fingerprint density at radius 3 is 2.82 bits per heavy atom. The minimum absolute atomic E-state index is 0.0961. The topological polar surface area (TPSA) is 76.8 Å². The molecule has 0 unspecified atom stereocenters. The quantitative estimate of drug-likeness (QED) is 0.799. The standard InChI is InChI=1S/C11H13FN4O/c1-6(11-14-7(2)15-16-11)17-8-3-4-10(13)9(12)5-8/h3-6H,13H2,1-2H3,(H,14,15,16)/t6-/m0/s1. The maximum absolute atomic E-state index is 13.2. The van der Waals surface area contributed by atoms with E-state index >= 15 is 0 Å². The van der Waals surface area contributed by atoms with Gasteiger partial charge in [0.15, 0.2) is 11.9 Å². The maximum atomic E-state index is 13.2. The van der Waals surface area contributed by atoms with Crippen LogP contribution in [0.4, 0.5) is 10.1 Å². The highest BCUT2D eigenvalue weighted by Gasteiger charge is 2.13. The molecule has 2 aromatic rings. The average molecular weight is 236 g/mol. The Morgan fingerprint density at radius 1 is 1.47 bits per heavy atom. The molecule has 0 radical (unpaired) electrons. The first-order chi connectivity index (χ1) is 8.06. The highest BCUT2D eigenvalue weighted by atomic mass is 19.1. The first kappa shape index (κ1) is 11.4. The molecule has 0 saturated carbocycles. The fourth-order valence-electron chi connectivity index (χ4n) is 1.38. The third-order valence-corrected chi connectivity index (χ3v) is 2.26. The monoisotopic (exact) mass is 236 g/mol. The SMILES string of the molecule is Cc1nc([C@H](C)Oc2ccc(N)c(F)c2)n[nH]1. The summed E-state index contributed by atoms with van der Waals surface area (Å²) in [7, 11) is 0. The number of nitrogens with one attached hydrogen (secondary N) is 1. The molecule has 3 N–H and O–H groups in total. The van der Waals surface area contributed by atoms with Gasteiger partial charge in [-0.2, -0.15) is 5.10 Å². The fraction of sp³-hybridized carbons (Fsp3) is 0.273. The Morgan fingerprint density at radius 2 is 2.24 bits per heavy atom. The lowest BCUT2D eigenvalue weighted by molar-refractivity contribution is 0.216. The first-order valence-corrected chi connectivity index (χ1v) is 5.17. The summed E-state index contributed by atoms with van der Waals surface area (Å²) in [4.78, 5) is 4.14. The summed E-state index contributed by atoms with van der Waals surface area (Å²) < 4.78 is 18.7. The third-order valence-electron chi connectivity index (χ3n) is 2.26. The second-order valence-electron chi connectivity index (χ2n) is 3.72. The number of ether oxygens (including phenoxy) is 1. The molecule has 0 amide bonds. The van der Waals surface area contributed by atoms with Gasteiger partial charge in [0.2, 0.25) is 0 Å². The number of anilines is 1. The lowest BCUT2D eigenvalue weighted by Crippen LogP contribution is -2.05. The van der Waals surface area contributed by atoms with Crippen molar-refractivity contribution in [1.82, 2.24) is 15.2 Å². The van der Waals surface area contributed by atoms with Gasteiger partial charge in [0.05, 0.1) is 5.69 Å². The van der Waals surface area contributed by atoms with Crippen molar-refractivity contribution in [2.45, 2.75) is 20.0 Å². The molecule has 1 aromatic carbocycles. The molecule has 0 aliphatic heterocycles. The molecule has 0 aliphatic carbocycles. The van der Waals surface area contributed by atoms with Crippen molar-refractivity contribution in [3.05, 3.63) is 35.7 Å². The lowest BCUT2D eigenvalue weighted by Gasteiger charge is -2.11. The van der Waals surface area contributed by atoms with Gasteiger partial charge in [0, 0.05) is 6.07 Å². The third kappa shape index (κ3) is 2.52. The number of nitrogens with two attached hydrogens (primary N) is 1. The van der Waals surface area contributed by atoms with Gasteiger partial charge < -0.3 is 10.5 Å². The molecule has 90 valence electrons. The van der Waals surface area contributed by atoms with E-state index in [1.807, 2.05) is 0 Å². The zero-order valence-electron chi connectivity index (χ0n) is 9.57. The largest absolute Gasteiger partial charge is 0.483 e. The van der Waals surface area contributed by atoms with Gasteiger partial charge in [-0.25, -0.2) is 9.37 Å². The van der Waals surface area contributed by atoms with Gasteiger partial charge in [-0.1, -0.05) is 0 Å². The van der Waals surface area contributed by atoms with Crippen LogP contribution in [0.2, 0.25) is 0 Å². The molecule has 0 bridgehead atoms. The number of nitrogen functional groups attached to an aromatic ring is 1. The molecule has 1 heterocycles. The molecular formula is C11H13FN4O. The van der Waals surface area contributed by atoms with Crippen LogP contribution in [0.15, 0.2) is 18.2 Å². The molecule has 2 rings (SSSR count). The summed E-state index contributed by atoms with van der Waals surface area (Å²) in [6.45, 7) is 3.59. The minimum atomic E-state index is -0.499. The first-order valence-electron chi connectivity index (χ1n) is 5.17. The Labute approximate surface area is 97.8 Å². The van der Waals surface area contributed by atoms with E-state index in [-0.39, 0.29) is 11.8 Å². The summed E-state index contributed by atoms with van der Waals surface area (Å²) in [5.74, 6) is 1.13. The molecule has 0 saturated heterocycles. The molecule has 0 spiro atoms. The number of aryl methyl sites for hydroxylation is 1. The summed E-state index contributed by atoms with van der Waals surface area (Å²) >= 11 is 0. The van der Waals surface area contributed by atoms with Gasteiger partial charge in [-0.3, -0.25) is 5.10 Å². The van der Waals surface area contributed by atoms with Crippen molar-refractivity contribution in [2.24, 2.45) is 0 Å². The average Bonchev–Trinajstić information content (AvgIpc) is 2.70. The van der Waals surface area contributed by atoms with Crippen LogP contribution in [-0.2, 0) is 0 Å². The van der Waals surface area contributed by atoms with Crippen LogP contribution >= 0.6 is 0 Å². The van der Waals surface area contributed by atoms with Gasteiger partial charge in [0.1, 0.15) is 17.4 Å². The zero-order valence-corrected chi connectivity index (χ0v) is 9.57. The van der Waals surface area contributed by atoms with Crippen LogP contribution in [0.3, 0.4) is 0 Å². The Bertz CT molecular complexity index is 526. The van der Waals surface area contributed by atoms with Crippen molar-refractivity contribution >= 4 is 5.69 Å². The van der Waals surface area contributed by atoms with Crippen LogP contribution in [0, 0.1) is 12.7 Å². The predicted octanol–water partition coefficient (Wildman–Crippen LogP) is 1.97. The van der Waals surface area contributed by atoms with Crippen LogP contribution in [0.25, 0.3) is 0 Å². The van der Waals surface area contributed by atoms with E-state index in [1.54, 1.807) is 19.9 Å². The predicted molar refractivity (Wildman–Crippen MR) is 61.0 cm³/mol. The second-order valence-corrected chi connectivity index (χ2v) is 3.72. The normalized spacial score (nSPS) is 12.4. The number of halogens is 1. The maximum Gasteiger partial charge on any atom is 0.191 e. The molecule has 0 aliphatic rings. The number of rotatable bonds is 3. The van der Waals surface area contributed by atoms with E-state index in [2.05, 4.69) is 15.2 Å². The van der Waals surface area contributed by atoms with Crippen LogP contribution in [0.1, 0.15) is 24.7 Å². The number of H-pyrrole nitrogens is 1. The fourth-order valence-corrected chi connectivity index (χ4v) is 1.38.